The van der Waals surface area contributed by atoms with Crippen molar-refractivity contribution in [3.05, 3.63) is 35.4 Å². The molecule has 3 heteroatoms. The zero-order chi connectivity index (χ0) is 9.68. The molecule has 0 fully saturated rings. The molecule has 0 heterocycles. The van der Waals surface area contributed by atoms with Crippen molar-refractivity contribution in [2.24, 2.45) is 0 Å². The van der Waals surface area contributed by atoms with Gasteiger partial charge in [-0.1, -0.05) is 12.1 Å². The van der Waals surface area contributed by atoms with Gasteiger partial charge >= 0.3 is 5.97 Å². The zero-order valence-electron chi connectivity index (χ0n) is 7.24. The molecule has 0 bridgehead atoms. The van der Waals surface area contributed by atoms with Crippen molar-refractivity contribution in [3.63, 3.8) is 0 Å². The first kappa shape index (κ1) is 9.45. The fourth-order valence-corrected chi connectivity index (χ4v) is 0.924. The Kier molecular flexibility index (Phi) is 3.20. The van der Waals surface area contributed by atoms with Gasteiger partial charge < -0.3 is 4.74 Å². The molecule has 0 amide bonds. The fourth-order valence-electron chi connectivity index (χ4n) is 0.924. The second-order valence-corrected chi connectivity index (χ2v) is 2.40. The van der Waals surface area contributed by atoms with Gasteiger partial charge in [-0.3, -0.25) is 4.79 Å². The van der Waals surface area contributed by atoms with E-state index in [-0.39, 0.29) is 0 Å². The minimum atomic E-state index is -0.417. The van der Waals surface area contributed by atoms with Crippen LogP contribution in [0.2, 0.25) is 0 Å². The average Bonchev–Trinajstić information content (AvgIpc) is 2.18. The summed E-state index contributed by atoms with van der Waals surface area (Å²) in [6.07, 6.45) is 1.71. The Morgan fingerprint density at radius 1 is 1.54 bits per heavy atom. The lowest BCUT2D eigenvalue weighted by molar-refractivity contribution is 0.0526. The largest absolute Gasteiger partial charge is 0.462 e. The smallest absolute Gasteiger partial charge is 0.338 e. The van der Waals surface area contributed by atoms with Crippen LogP contribution in [0.1, 0.15) is 22.8 Å². The van der Waals surface area contributed by atoms with Crippen molar-refractivity contribution in [2.75, 3.05) is 6.61 Å². The third-order valence-electron chi connectivity index (χ3n) is 1.49. The van der Waals surface area contributed by atoms with E-state index < -0.39 is 5.97 Å². The Balaban J connectivity index is 2.88. The van der Waals surface area contributed by atoms with Gasteiger partial charge in [0.2, 0.25) is 6.29 Å². The second kappa shape index (κ2) is 4.40. The van der Waals surface area contributed by atoms with Gasteiger partial charge in [0.25, 0.3) is 0 Å². The van der Waals surface area contributed by atoms with E-state index in [0.29, 0.717) is 17.7 Å². The summed E-state index contributed by atoms with van der Waals surface area (Å²) < 4.78 is 4.76. The number of rotatable bonds is 3. The first-order chi connectivity index (χ1) is 6.27. The maximum Gasteiger partial charge on any atom is 0.338 e. The molecule has 3 nitrogen and oxygen atoms in total. The van der Waals surface area contributed by atoms with Crippen LogP contribution >= 0.6 is 0 Å². The molecule has 0 aliphatic rings. The lowest BCUT2D eigenvalue weighted by atomic mass is 10.1. The van der Waals surface area contributed by atoms with Gasteiger partial charge in [0.15, 0.2) is 0 Å². The van der Waals surface area contributed by atoms with Gasteiger partial charge in [-0.05, 0) is 19.1 Å². The molecule has 13 heavy (non-hydrogen) atoms. The maximum atomic E-state index is 11.2. The standard InChI is InChI=1S/C10H9O3/c1-2-13-10(12)9-5-3-4-8(6-9)7-11/h3-6H,2H2,1H3. The quantitative estimate of drug-likeness (QED) is 0.654. The molecule has 1 radical (unpaired) electrons. The number of esters is 1. The van der Waals surface area contributed by atoms with Gasteiger partial charge in [-0.15, -0.1) is 0 Å². The predicted molar refractivity (Wildman–Crippen MR) is 47.2 cm³/mol. The number of hydrogen-bond donors (Lipinski definition) is 0. The number of benzene rings is 1. The minimum absolute atomic E-state index is 0.327. The van der Waals surface area contributed by atoms with Crippen LogP contribution in [0, 0.1) is 0 Å². The molecule has 0 aliphatic carbocycles. The fraction of sp³-hybridized carbons (Fsp3) is 0.200. The highest BCUT2D eigenvalue weighted by molar-refractivity contribution is 5.91. The first-order valence-corrected chi connectivity index (χ1v) is 3.93. The highest BCUT2D eigenvalue weighted by Gasteiger charge is 2.05. The summed E-state index contributed by atoms with van der Waals surface area (Å²) in [5.41, 5.74) is 0.730. The van der Waals surface area contributed by atoms with Crippen molar-refractivity contribution < 1.29 is 14.3 Å². The SMILES string of the molecule is CCOC(=O)c1cccc([C]=O)c1. The Bertz CT molecular complexity index is 318. The number of hydrogen-bond acceptors (Lipinski definition) is 3. The predicted octanol–water partition coefficient (Wildman–Crippen LogP) is 1.32. The van der Waals surface area contributed by atoms with Gasteiger partial charge in [0, 0.05) is 5.56 Å². The normalized spacial score (nSPS) is 9.31. The summed E-state index contributed by atoms with van der Waals surface area (Å²) in [4.78, 5) is 21.4. The molecule has 0 saturated carbocycles. The monoisotopic (exact) mass is 177 g/mol. The van der Waals surface area contributed by atoms with Crippen LogP contribution in [0.25, 0.3) is 0 Å². The summed E-state index contributed by atoms with van der Waals surface area (Å²) in [5, 5.41) is 0. The van der Waals surface area contributed by atoms with E-state index in [0.717, 1.165) is 0 Å². The molecule has 0 aliphatic heterocycles. The van der Waals surface area contributed by atoms with Gasteiger partial charge in [-0.25, -0.2) is 4.79 Å². The zero-order valence-corrected chi connectivity index (χ0v) is 7.24. The van der Waals surface area contributed by atoms with E-state index in [1.54, 1.807) is 31.4 Å². The summed E-state index contributed by atoms with van der Waals surface area (Å²) in [6.45, 7) is 2.06. The number of carbonyl (C=O) groups excluding carboxylic acids is 2. The maximum absolute atomic E-state index is 11.2. The Labute approximate surface area is 76.3 Å². The van der Waals surface area contributed by atoms with Crippen LogP contribution in [-0.2, 0) is 9.53 Å². The summed E-state index contributed by atoms with van der Waals surface area (Å²) >= 11 is 0. The van der Waals surface area contributed by atoms with E-state index in [1.807, 2.05) is 0 Å². The number of carbonyl (C=O) groups is 1. The first-order valence-electron chi connectivity index (χ1n) is 3.93. The Morgan fingerprint density at radius 2 is 2.31 bits per heavy atom. The molecule has 1 aromatic rings. The van der Waals surface area contributed by atoms with Crippen LogP contribution < -0.4 is 0 Å². The van der Waals surface area contributed by atoms with E-state index in [9.17, 15) is 9.59 Å². The summed E-state index contributed by atoms with van der Waals surface area (Å²) in [6, 6.07) is 6.24. The van der Waals surface area contributed by atoms with E-state index in [4.69, 9.17) is 4.74 Å². The third-order valence-corrected chi connectivity index (χ3v) is 1.49. The van der Waals surface area contributed by atoms with Crippen LogP contribution in [0.5, 0.6) is 0 Å². The van der Waals surface area contributed by atoms with Crippen LogP contribution in [-0.4, -0.2) is 18.9 Å². The van der Waals surface area contributed by atoms with Crippen molar-refractivity contribution in [1.82, 2.24) is 0 Å². The highest BCUT2D eigenvalue weighted by atomic mass is 16.5. The highest BCUT2D eigenvalue weighted by Crippen LogP contribution is 2.04. The minimum Gasteiger partial charge on any atom is -0.462 e. The van der Waals surface area contributed by atoms with Crippen LogP contribution in [0.4, 0.5) is 0 Å². The van der Waals surface area contributed by atoms with Crippen molar-refractivity contribution in [2.45, 2.75) is 6.92 Å². The Morgan fingerprint density at radius 3 is 2.92 bits per heavy atom. The molecular weight excluding hydrogens is 168 g/mol. The van der Waals surface area contributed by atoms with Crippen LogP contribution in [0.3, 0.4) is 0 Å². The average molecular weight is 177 g/mol. The molecule has 1 rings (SSSR count). The van der Waals surface area contributed by atoms with Crippen molar-refractivity contribution in [1.29, 1.82) is 0 Å². The molecule has 67 valence electrons. The molecule has 0 aromatic heterocycles. The lowest BCUT2D eigenvalue weighted by Crippen LogP contribution is -2.04. The topological polar surface area (TPSA) is 43.4 Å². The summed E-state index contributed by atoms with van der Waals surface area (Å²) in [7, 11) is 0. The second-order valence-electron chi connectivity index (χ2n) is 2.40. The van der Waals surface area contributed by atoms with E-state index >= 15 is 0 Å². The van der Waals surface area contributed by atoms with Gasteiger partial charge in [0.05, 0.1) is 12.2 Å². The van der Waals surface area contributed by atoms with E-state index in [2.05, 4.69) is 0 Å². The van der Waals surface area contributed by atoms with Gasteiger partial charge in [-0.2, -0.15) is 0 Å². The third kappa shape index (κ3) is 2.40. The molecule has 1 aromatic carbocycles. The molecule has 0 saturated heterocycles. The molecule has 0 N–H and O–H groups in total. The van der Waals surface area contributed by atoms with Crippen molar-refractivity contribution >= 4 is 12.3 Å². The molecule has 0 atom stereocenters. The molecular formula is C10H9O3. The lowest BCUT2D eigenvalue weighted by Gasteiger charge is -2.00. The van der Waals surface area contributed by atoms with Gasteiger partial charge in [0.1, 0.15) is 0 Å². The number of ether oxygens (including phenoxy) is 1. The summed E-state index contributed by atoms with van der Waals surface area (Å²) in [5.74, 6) is -0.417. The molecule has 0 spiro atoms. The van der Waals surface area contributed by atoms with Crippen molar-refractivity contribution in [3.8, 4) is 0 Å². The van der Waals surface area contributed by atoms with Crippen LogP contribution in [0.15, 0.2) is 24.3 Å². The Hall–Kier alpha value is -1.64. The molecule has 0 unspecified atom stereocenters. The van der Waals surface area contributed by atoms with E-state index in [1.165, 1.54) is 6.07 Å².